The Bertz CT molecular complexity index is 105. The van der Waals surface area contributed by atoms with Gasteiger partial charge in [0.15, 0.2) is 0 Å². The number of hydrogen-bond donors (Lipinski definition) is 4. The van der Waals surface area contributed by atoms with E-state index < -0.39 is 0 Å². The molecule has 0 unspecified atom stereocenters. The van der Waals surface area contributed by atoms with Crippen molar-refractivity contribution in [3.63, 3.8) is 0 Å². The maximum Gasteiger partial charge on any atom is 2.00 e. The summed E-state index contributed by atoms with van der Waals surface area (Å²) in [5.41, 5.74) is 4.15. The van der Waals surface area contributed by atoms with E-state index in [1.165, 1.54) is 0 Å². The van der Waals surface area contributed by atoms with E-state index in [9.17, 15) is 0 Å². The molecular formula is C2H6N4PdS4. The molecule has 0 saturated carbocycles. The molecule has 6 N–H and O–H groups in total. The summed E-state index contributed by atoms with van der Waals surface area (Å²) in [6, 6.07) is 0. The molecule has 0 aliphatic rings. The van der Waals surface area contributed by atoms with Crippen LogP contribution in [-0.2, 0) is 45.7 Å². The fourth-order valence-corrected chi connectivity index (χ4v) is 0. The number of rotatable bonds is 0. The van der Waals surface area contributed by atoms with Crippen molar-refractivity contribution in [3.05, 3.63) is 0 Å². The normalized spacial score (nSPS) is 6.00. The monoisotopic (exact) mass is 320 g/mol. The molecule has 0 aromatic rings. The minimum absolute atomic E-state index is 0. The molecule has 4 nitrogen and oxygen atoms in total. The van der Waals surface area contributed by atoms with Gasteiger partial charge in [0.1, 0.15) is 0 Å². The van der Waals surface area contributed by atoms with Crippen LogP contribution in [0.3, 0.4) is 0 Å². The van der Waals surface area contributed by atoms with Gasteiger partial charge in [-0.1, -0.05) is 8.64 Å². The molecule has 0 aromatic heterocycles. The van der Waals surface area contributed by atoms with Gasteiger partial charge in [-0.2, -0.15) is 0 Å². The van der Waals surface area contributed by atoms with Crippen molar-refractivity contribution in [2.24, 2.45) is 11.7 Å². The van der Waals surface area contributed by atoms with E-state index in [1.807, 2.05) is 0 Å². The van der Waals surface area contributed by atoms with E-state index in [1.54, 1.807) is 0 Å². The van der Waals surface area contributed by atoms with Crippen LogP contribution in [0, 0.1) is 0 Å². The summed E-state index contributed by atoms with van der Waals surface area (Å²) in [6.07, 6.45) is 0. The van der Waals surface area contributed by atoms with Crippen molar-refractivity contribution in [1.82, 2.24) is 10.9 Å². The molecule has 0 aliphatic carbocycles. The van der Waals surface area contributed by atoms with E-state index in [0.29, 0.717) is 0 Å². The van der Waals surface area contributed by atoms with E-state index in [4.69, 9.17) is 0 Å². The summed E-state index contributed by atoms with van der Waals surface area (Å²) >= 11 is 17.1. The van der Waals surface area contributed by atoms with Gasteiger partial charge < -0.3 is 60.5 Å². The van der Waals surface area contributed by atoms with E-state index >= 15 is 0 Å². The fraction of sp³-hybridized carbons (Fsp3) is 0. The summed E-state index contributed by atoms with van der Waals surface area (Å²) in [5.74, 6) is 9.35. The number of thiocarbonyl (C=S) groups is 2. The predicted octanol–water partition coefficient (Wildman–Crippen LogP) is -1.44. The topological polar surface area (TPSA) is 76.1 Å². The molecule has 0 spiro atoms. The van der Waals surface area contributed by atoms with Gasteiger partial charge in [-0.15, -0.1) is 0 Å². The van der Waals surface area contributed by atoms with Crippen molar-refractivity contribution in [2.45, 2.75) is 0 Å². The molecule has 68 valence electrons. The summed E-state index contributed by atoms with van der Waals surface area (Å²) in [6.45, 7) is 0. The molecule has 0 saturated heterocycles. The molecule has 0 rings (SSSR count). The smallest absolute Gasteiger partial charge is 0.410 e. The van der Waals surface area contributed by atoms with Gasteiger partial charge in [-0.3, -0.25) is 11.7 Å². The zero-order valence-corrected chi connectivity index (χ0v) is 9.92. The molecule has 0 aromatic carbocycles. The number of hydrogen-bond acceptors (Lipinski definition) is 6. The maximum atomic E-state index is 4.68. The minimum atomic E-state index is 0. The standard InChI is InChI=1S/2CH4N2S2.Pd/c2*2-3-1(4)5;/h2*2H2,(H2,3,4,5);/q;;+2/p-2. The average molecular weight is 321 g/mol. The van der Waals surface area contributed by atoms with Gasteiger partial charge in [0, 0.05) is 0 Å². The Morgan fingerprint density at radius 3 is 1.09 bits per heavy atom. The van der Waals surface area contributed by atoms with Gasteiger partial charge in [-0.05, 0) is 0 Å². The van der Waals surface area contributed by atoms with E-state index in [-0.39, 0.29) is 29.1 Å². The van der Waals surface area contributed by atoms with Crippen LogP contribution in [0.4, 0.5) is 0 Å². The third kappa shape index (κ3) is 36.3. The van der Waals surface area contributed by atoms with Crippen LogP contribution in [0.25, 0.3) is 0 Å². The number of hydrazine groups is 2. The zero-order valence-electron chi connectivity index (χ0n) is 5.10. The first-order valence-corrected chi connectivity index (χ1v) is 3.53. The van der Waals surface area contributed by atoms with E-state index in [0.717, 1.165) is 0 Å². The van der Waals surface area contributed by atoms with Crippen molar-refractivity contribution >= 4 is 58.3 Å². The predicted molar refractivity (Wildman–Crippen MR) is 54.6 cm³/mol. The molecule has 0 amide bonds. The van der Waals surface area contributed by atoms with Crippen LogP contribution in [0.5, 0.6) is 0 Å². The van der Waals surface area contributed by atoms with Gasteiger partial charge in [-0.25, -0.2) is 0 Å². The van der Waals surface area contributed by atoms with Crippen LogP contribution in [0.1, 0.15) is 0 Å². The Labute approximate surface area is 101 Å². The van der Waals surface area contributed by atoms with Gasteiger partial charge >= 0.3 is 20.4 Å². The molecular weight excluding hydrogens is 315 g/mol. The Morgan fingerprint density at radius 2 is 1.09 bits per heavy atom. The van der Waals surface area contributed by atoms with Crippen LogP contribution >= 0.6 is 24.4 Å². The van der Waals surface area contributed by atoms with Crippen molar-refractivity contribution < 1.29 is 20.4 Å². The van der Waals surface area contributed by atoms with Crippen molar-refractivity contribution in [1.29, 1.82) is 0 Å². The Morgan fingerprint density at radius 1 is 1.00 bits per heavy atom. The second-order valence-electron chi connectivity index (χ2n) is 0.864. The van der Waals surface area contributed by atoms with Crippen LogP contribution in [-0.4, -0.2) is 8.64 Å². The molecule has 9 heteroatoms. The van der Waals surface area contributed by atoms with Crippen LogP contribution in [0.2, 0.25) is 0 Å². The zero-order chi connectivity index (χ0) is 8.57. The summed E-state index contributed by atoms with van der Waals surface area (Å²) in [5, 5.41) is 0. The third-order valence-corrected chi connectivity index (χ3v) is 0.707. The maximum absolute atomic E-state index is 4.68. The largest absolute Gasteiger partial charge is 2.00 e. The second kappa shape index (κ2) is 13.4. The van der Waals surface area contributed by atoms with Crippen LogP contribution in [0.15, 0.2) is 0 Å². The van der Waals surface area contributed by atoms with Gasteiger partial charge in [0.2, 0.25) is 0 Å². The van der Waals surface area contributed by atoms with E-state index in [2.05, 4.69) is 72.2 Å². The van der Waals surface area contributed by atoms with Crippen molar-refractivity contribution in [2.75, 3.05) is 0 Å². The Balaban J connectivity index is -0.000000107. The first-order valence-electron chi connectivity index (χ1n) is 1.89. The first-order chi connectivity index (χ1) is 4.54. The SMILES string of the molecule is NNC(=S)[S-].NNC(=S)[S-].[Pd+2]. The average Bonchev–Trinajstić information content (AvgIpc) is 1.89. The minimum Gasteiger partial charge on any atom is -0.410 e. The first kappa shape index (κ1) is 17.8. The Kier molecular flexibility index (Phi) is 21.6. The number of nitrogens with two attached hydrogens (primary N) is 2. The van der Waals surface area contributed by atoms with Gasteiger partial charge in [0.05, 0.1) is 0 Å². The van der Waals surface area contributed by atoms with Gasteiger partial charge in [0.25, 0.3) is 0 Å². The Hall–Kier alpha value is 0.802. The second-order valence-corrected chi connectivity index (χ2v) is 3.01. The number of nitrogens with one attached hydrogen (secondary N) is 2. The molecule has 0 fully saturated rings. The molecule has 11 heavy (non-hydrogen) atoms. The van der Waals surface area contributed by atoms with Crippen molar-refractivity contribution in [3.8, 4) is 0 Å². The molecule has 0 bridgehead atoms. The summed E-state index contributed by atoms with van der Waals surface area (Å²) < 4.78 is 0.398. The molecule has 0 atom stereocenters. The molecule has 0 radical (unpaired) electrons. The summed E-state index contributed by atoms with van der Waals surface area (Å²) in [7, 11) is 0. The van der Waals surface area contributed by atoms with Crippen LogP contribution < -0.4 is 22.5 Å². The molecule has 0 heterocycles. The fourth-order valence-electron chi connectivity index (χ4n) is 0. The third-order valence-electron chi connectivity index (χ3n) is 0.236. The summed E-state index contributed by atoms with van der Waals surface area (Å²) in [4.78, 5) is 0. The quantitative estimate of drug-likeness (QED) is 0.142. The molecule has 0 aliphatic heterocycles.